The van der Waals surface area contributed by atoms with E-state index in [1.165, 1.54) is 51.4 Å². The number of hydrogen-bond donors (Lipinski definition) is 1. The van der Waals surface area contributed by atoms with Gasteiger partial charge in [-0.05, 0) is 38.5 Å². The molecule has 3 fully saturated rings. The summed E-state index contributed by atoms with van der Waals surface area (Å²) in [7, 11) is 0. The molecule has 2 aliphatic carbocycles. The zero-order chi connectivity index (χ0) is 14.2. The van der Waals surface area contributed by atoms with Gasteiger partial charge in [-0.2, -0.15) is 0 Å². The molecule has 4 atom stereocenters. The molecule has 1 N–H and O–H groups in total. The van der Waals surface area contributed by atoms with Gasteiger partial charge in [-0.3, -0.25) is 0 Å². The predicted molar refractivity (Wildman–Crippen MR) is 83.8 cm³/mol. The van der Waals surface area contributed by atoms with Crippen LogP contribution in [0, 0.1) is 17.3 Å². The molecule has 1 saturated heterocycles. The van der Waals surface area contributed by atoms with Crippen molar-refractivity contribution in [2.75, 3.05) is 6.61 Å². The van der Waals surface area contributed by atoms with E-state index in [0.717, 1.165) is 18.4 Å². The van der Waals surface area contributed by atoms with Crippen molar-refractivity contribution in [3.8, 4) is 0 Å². The summed E-state index contributed by atoms with van der Waals surface area (Å²) in [6, 6.07) is 1.35. The zero-order valence-electron chi connectivity index (χ0n) is 13.7. The largest absolute Gasteiger partial charge is 0.377 e. The molecule has 0 spiro atoms. The van der Waals surface area contributed by atoms with Gasteiger partial charge in [0, 0.05) is 30.0 Å². The lowest BCUT2D eigenvalue weighted by Gasteiger charge is -2.61. The van der Waals surface area contributed by atoms with Crippen LogP contribution < -0.4 is 5.32 Å². The van der Waals surface area contributed by atoms with Gasteiger partial charge in [-0.25, -0.2) is 0 Å². The normalized spacial score (nSPS) is 39.5. The van der Waals surface area contributed by atoms with Crippen LogP contribution in [0.2, 0.25) is 0 Å². The quantitative estimate of drug-likeness (QED) is 0.784. The number of ether oxygens (including phenoxy) is 1. The lowest BCUT2D eigenvalue weighted by molar-refractivity contribution is -0.195. The van der Waals surface area contributed by atoms with Gasteiger partial charge in [-0.15, -0.1) is 0 Å². The van der Waals surface area contributed by atoms with Crippen molar-refractivity contribution in [3.63, 3.8) is 0 Å². The van der Waals surface area contributed by atoms with Crippen LogP contribution >= 0.6 is 0 Å². The number of hydrogen-bond acceptors (Lipinski definition) is 2. The average Bonchev–Trinajstić information content (AvgIpc) is 2.73. The molecule has 3 aliphatic rings. The van der Waals surface area contributed by atoms with Crippen LogP contribution in [0.1, 0.15) is 72.1 Å². The fraction of sp³-hybridized carbons (Fsp3) is 1.00. The van der Waals surface area contributed by atoms with Gasteiger partial charge in [0.25, 0.3) is 0 Å². The molecule has 116 valence electrons. The summed E-state index contributed by atoms with van der Waals surface area (Å²) in [5.74, 6) is 1.67. The van der Waals surface area contributed by atoms with Crippen molar-refractivity contribution in [2.45, 2.75) is 90.3 Å². The summed E-state index contributed by atoms with van der Waals surface area (Å²) in [4.78, 5) is 0. The summed E-state index contributed by atoms with van der Waals surface area (Å²) in [6.45, 7) is 8.21. The maximum atomic E-state index is 6.03. The van der Waals surface area contributed by atoms with E-state index in [1.54, 1.807) is 0 Å². The molecule has 1 heterocycles. The Morgan fingerprint density at radius 1 is 1.00 bits per heavy atom. The summed E-state index contributed by atoms with van der Waals surface area (Å²) in [6.07, 6.45) is 11.8. The van der Waals surface area contributed by atoms with E-state index in [4.69, 9.17) is 4.74 Å². The van der Waals surface area contributed by atoms with Crippen LogP contribution in [-0.4, -0.2) is 24.8 Å². The van der Waals surface area contributed by atoms with E-state index in [9.17, 15) is 0 Å². The average molecular weight is 279 g/mol. The van der Waals surface area contributed by atoms with Gasteiger partial charge in [0.05, 0.1) is 6.10 Å². The van der Waals surface area contributed by atoms with Crippen LogP contribution in [0.15, 0.2) is 0 Å². The molecule has 2 heteroatoms. The van der Waals surface area contributed by atoms with E-state index in [0.29, 0.717) is 23.6 Å². The highest BCUT2D eigenvalue weighted by Gasteiger charge is 2.58. The van der Waals surface area contributed by atoms with Gasteiger partial charge >= 0.3 is 0 Å². The van der Waals surface area contributed by atoms with E-state index < -0.39 is 0 Å². The van der Waals surface area contributed by atoms with Crippen molar-refractivity contribution in [2.24, 2.45) is 17.3 Å². The molecule has 0 aromatic rings. The summed E-state index contributed by atoms with van der Waals surface area (Å²) in [5, 5.41) is 4.02. The third-order valence-corrected chi connectivity index (χ3v) is 6.38. The first-order valence-corrected chi connectivity index (χ1v) is 8.98. The highest BCUT2D eigenvalue weighted by Crippen LogP contribution is 2.51. The van der Waals surface area contributed by atoms with Crippen molar-refractivity contribution in [3.05, 3.63) is 0 Å². The summed E-state index contributed by atoms with van der Waals surface area (Å²) >= 11 is 0. The topological polar surface area (TPSA) is 21.3 Å². The van der Waals surface area contributed by atoms with Crippen molar-refractivity contribution < 1.29 is 4.74 Å². The fourth-order valence-corrected chi connectivity index (χ4v) is 5.09. The predicted octanol–water partition coefficient (Wildman–Crippen LogP) is 4.14. The Balaban J connectivity index is 1.58. The van der Waals surface area contributed by atoms with Gasteiger partial charge in [-0.1, -0.05) is 39.5 Å². The third kappa shape index (κ3) is 2.66. The van der Waals surface area contributed by atoms with Crippen LogP contribution in [0.5, 0.6) is 0 Å². The zero-order valence-corrected chi connectivity index (χ0v) is 13.7. The first kappa shape index (κ1) is 14.8. The van der Waals surface area contributed by atoms with Crippen molar-refractivity contribution in [1.82, 2.24) is 5.32 Å². The van der Waals surface area contributed by atoms with Gasteiger partial charge in [0.1, 0.15) is 0 Å². The summed E-state index contributed by atoms with van der Waals surface area (Å²) in [5.41, 5.74) is 0.323. The first-order valence-electron chi connectivity index (χ1n) is 8.98. The van der Waals surface area contributed by atoms with Crippen molar-refractivity contribution >= 4 is 0 Å². The Hall–Kier alpha value is -0.0800. The minimum Gasteiger partial charge on any atom is -0.377 e. The molecule has 3 unspecified atom stereocenters. The van der Waals surface area contributed by atoms with E-state index in [2.05, 4.69) is 26.1 Å². The Morgan fingerprint density at radius 2 is 1.70 bits per heavy atom. The molecular formula is C18H33NO. The second-order valence-corrected chi connectivity index (χ2v) is 8.10. The molecule has 20 heavy (non-hydrogen) atoms. The van der Waals surface area contributed by atoms with E-state index in [1.807, 2.05) is 0 Å². The molecule has 0 aromatic heterocycles. The van der Waals surface area contributed by atoms with Gasteiger partial charge in [0.2, 0.25) is 0 Å². The molecule has 1 aliphatic heterocycles. The smallest absolute Gasteiger partial charge is 0.0684 e. The second kappa shape index (κ2) is 5.96. The van der Waals surface area contributed by atoms with Crippen LogP contribution in [0.25, 0.3) is 0 Å². The lowest BCUT2D eigenvalue weighted by atomic mass is 9.55. The number of fused-ring (bicyclic) bond motifs is 1. The van der Waals surface area contributed by atoms with E-state index in [-0.39, 0.29) is 0 Å². The fourth-order valence-electron chi connectivity index (χ4n) is 5.09. The Labute approximate surface area is 125 Å². The highest BCUT2D eigenvalue weighted by molar-refractivity contribution is 5.10. The van der Waals surface area contributed by atoms with Crippen LogP contribution in [0.4, 0.5) is 0 Å². The Bertz CT molecular complexity index is 319. The third-order valence-electron chi connectivity index (χ3n) is 6.38. The molecular weight excluding hydrogens is 246 g/mol. The molecule has 2 saturated carbocycles. The minimum absolute atomic E-state index is 0.323. The van der Waals surface area contributed by atoms with Gasteiger partial charge in [0.15, 0.2) is 0 Å². The first-order chi connectivity index (χ1) is 9.60. The van der Waals surface area contributed by atoms with Gasteiger partial charge < -0.3 is 10.1 Å². The second-order valence-electron chi connectivity index (χ2n) is 8.10. The monoisotopic (exact) mass is 279 g/mol. The lowest BCUT2D eigenvalue weighted by Crippen LogP contribution is -2.70. The maximum Gasteiger partial charge on any atom is 0.0684 e. The minimum atomic E-state index is 0.323. The number of nitrogens with one attached hydrogen (secondary N) is 1. The van der Waals surface area contributed by atoms with Crippen molar-refractivity contribution in [1.29, 1.82) is 0 Å². The molecule has 2 nitrogen and oxygen atoms in total. The molecule has 0 radical (unpaired) electrons. The number of rotatable bonds is 3. The molecule has 0 amide bonds. The highest BCUT2D eigenvalue weighted by atomic mass is 16.5. The molecule has 3 rings (SSSR count). The SMILES string of the molecule is C[C@H](NC1C2CCCOC2C1(C)C)C1CCCCCC1. The molecule has 0 aromatic carbocycles. The summed E-state index contributed by atoms with van der Waals surface area (Å²) < 4.78 is 6.03. The standard InChI is InChI=1S/C18H33NO/c1-13(14-9-6-4-5-7-10-14)19-16-15-11-8-12-20-17(15)18(16,2)3/h13-17,19H,4-12H2,1-3H3/t13-,15?,16?,17?/m0/s1. The van der Waals surface area contributed by atoms with Crippen LogP contribution in [0.3, 0.4) is 0 Å². The Kier molecular flexibility index (Phi) is 4.42. The maximum absolute atomic E-state index is 6.03. The van der Waals surface area contributed by atoms with Crippen LogP contribution in [-0.2, 0) is 4.74 Å². The van der Waals surface area contributed by atoms with E-state index >= 15 is 0 Å². The Morgan fingerprint density at radius 3 is 2.40 bits per heavy atom. The molecule has 0 bridgehead atoms.